The minimum Gasteiger partial charge on any atom is -0.485 e. The number of rotatable bonds is 2. The van der Waals surface area contributed by atoms with Crippen LogP contribution in [-0.2, 0) is 4.79 Å². The minimum atomic E-state index is -0.654. The number of nitrogens with one attached hydrogen (secondary N) is 1. The zero-order chi connectivity index (χ0) is 13.2. The first kappa shape index (κ1) is 12.0. The third-order valence-electron chi connectivity index (χ3n) is 2.65. The number of hydrogen-bond acceptors (Lipinski definition) is 5. The van der Waals surface area contributed by atoms with E-state index in [1.807, 2.05) is 25.1 Å². The molecule has 1 atom stereocenters. The quantitative estimate of drug-likeness (QED) is 0.913. The van der Waals surface area contributed by atoms with Gasteiger partial charge in [0, 0.05) is 11.1 Å². The summed E-state index contributed by atoms with van der Waals surface area (Å²) < 4.78 is 11.1. The van der Waals surface area contributed by atoms with Gasteiger partial charge in [-0.05, 0) is 19.1 Å². The molecule has 5 nitrogen and oxygen atoms in total. The Morgan fingerprint density at radius 2 is 2.21 bits per heavy atom. The van der Waals surface area contributed by atoms with E-state index in [0.29, 0.717) is 16.6 Å². The molecule has 0 saturated carbocycles. The van der Waals surface area contributed by atoms with Crippen molar-refractivity contribution in [1.29, 1.82) is 0 Å². The summed E-state index contributed by atoms with van der Waals surface area (Å²) in [6.45, 7) is 2.14. The van der Waals surface area contributed by atoms with Crippen molar-refractivity contribution in [3.63, 3.8) is 0 Å². The number of aromatic nitrogens is 1. The van der Waals surface area contributed by atoms with E-state index in [-0.39, 0.29) is 12.5 Å². The van der Waals surface area contributed by atoms with Crippen molar-refractivity contribution < 1.29 is 14.3 Å². The predicted molar refractivity (Wildman–Crippen MR) is 71.8 cm³/mol. The summed E-state index contributed by atoms with van der Waals surface area (Å²) in [5, 5.41) is 3.30. The number of carbonyl (C=O) groups is 1. The molecule has 0 spiro atoms. The van der Waals surface area contributed by atoms with Gasteiger partial charge in [0.1, 0.15) is 6.61 Å². The number of nitrogens with zero attached hydrogens (tertiary/aromatic N) is 1. The van der Waals surface area contributed by atoms with Crippen LogP contribution in [0.15, 0.2) is 30.5 Å². The summed E-state index contributed by atoms with van der Waals surface area (Å²) in [5.41, 5.74) is 0. The van der Waals surface area contributed by atoms with Crippen molar-refractivity contribution in [1.82, 2.24) is 4.98 Å². The van der Waals surface area contributed by atoms with Crippen LogP contribution in [0, 0.1) is 6.92 Å². The van der Waals surface area contributed by atoms with Crippen molar-refractivity contribution in [2.24, 2.45) is 0 Å². The van der Waals surface area contributed by atoms with Crippen LogP contribution < -0.4 is 14.8 Å². The number of benzene rings is 1. The van der Waals surface area contributed by atoms with Crippen LogP contribution in [0.1, 0.15) is 4.88 Å². The van der Waals surface area contributed by atoms with Crippen molar-refractivity contribution in [3.05, 3.63) is 35.3 Å². The Hall–Kier alpha value is -2.08. The van der Waals surface area contributed by atoms with Crippen molar-refractivity contribution >= 4 is 22.4 Å². The molecule has 19 heavy (non-hydrogen) atoms. The first-order valence-corrected chi connectivity index (χ1v) is 6.66. The van der Waals surface area contributed by atoms with E-state index >= 15 is 0 Å². The topological polar surface area (TPSA) is 60.5 Å². The standard InChI is InChI=1S/C13H12N2O3S/c1-8-6-14-13(19-8)15-12(16)11-7-17-9-4-2-3-5-10(9)18-11/h2-6,11H,7H2,1H3,(H,14,15,16)/t11-/m0/s1. The average molecular weight is 276 g/mol. The highest BCUT2D eigenvalue weighted by atomic mass is 32.1. The lowest BCUT2D eigenvalue weighted by molar-refractivity contribution is -0.125. The van der Waals surface area contributed by atoms with Crippen LogP contribution in [0.3, 0.4) is 0 Å². The van der Waals surface area contributed by atoms with Gasteiger partial charge in [-0.15, -0.1) is 11.3 Å². The number of thiazole rings is 1. The largest absolute Gasteiger partial charge is 0.485 e. The van der Waals surface area contributed by atoms with Gasteiger partial charge in [0.25, 0.3) is 5.91 Å². The van der Waals surface area contributed by atoms with E-state index in [2.05, 4.69) is 10.3 Å². The van der Waals surface area contributed by atoms with Crippen LogP contribution in [0.5, 0.6) is 11.5 Å². The smallest absolute Gasteiger partial charge is 0.270 e. The fourth-order valence-corrected chi connectivity index (χ4v) is 2.41. The van der Waals surface area contributed by atoms with Crippen molar-refractivity contribution in [3.8, 4) is 11.5 Å². The summed E-state index contributed by atoms with van der Waals surface area (Å²) in [5.74, 6) is 1.00. The van der Waals surface area contributed by atoms with Gasteiger partial charge in [-0.3, -0.25) is 10.1 Å². The molecule has 6 heteroatoms. The van der Waals surface area contributed by atoms with E-state index in [1.165, 1.54) is 11.3 Å². The summed E-state index contributed by atoms with van der Waals surface area (Å²) >= 11 is 1.43. The molecule has 2 heterocycles. The van der Waals surface area contributed by atoms with Crippen LogP contribution >= 0.6 is 11.3 Å². The monoisotopic (exact) mass is 276 g/mol. The van der Waals surface area contributed by atoms with Gasteiger partial charge in [0.15, 0.2) is 16.6 Å². The second-order valence-corrected chi connectivity index (χ2v) is 5.36. The second kappa shape index (κ2) is 4.89. The number of carbonyl (C=O) groups excluding carboxylic acids is 1. The molecule has 0 saturated heterocycles. The molecule has 0 aliphatic carbocycles. The lowest BCUT2D eigenvalue weighted by atomic mass is 10.2. The van der Waals surface area contributed by atoms with Gasteiger partial charge in [0.05, 0.1) is 0 Å². The summed E-state index contributed by atoms with van der Waals surface area (Å²) in [4.78, 5) is 17.2. The summed E-state index contributed by atoms with van der Waals surface area (Å²) in [6, 6.07) is 7.30. The number of aryl methyl sites for hydroxylation is 1. The molecule has 1 aromatic carbocycles. The number of ether oxygens (including phenoxy) is 2. The van der Waals surface area contributed by atoms with Crippen LogP contribution in [0.4, 0.5) is 5.13 Å². The number of amides is 1. The van der Waals surface area contributed by atoms with E-state index in [9.17, 15) is 4.79 Å². The fourth-order valence-electron chi connectivity index (χ4n) is 1.75. The lowest BCUT2D eigenvalue weighted by Gasteiger charge is -2.25. The Bertz CT molecular complexity index is 611. The average Bonchev–Trinajstić information content (AvgIpc) is 2.83. The van der Waals surface area contributed by atoms with E-state index in [0.717, 1.165) is 4.88 Å². The van der Waals surface area contributed by atoms with Crippen molar-refractivity contribution in [2.75, 3.05) is 11.9 Å². The maximum atomic E-state index is 12.0. The Kier molecular flexibility index (Phi) is 3.08. The third kappa shape index (κ3) is 2.53. The van der Waals surface area contributed by atoms with Crippen LogP contribution in [0.2, 0.25) is 0 Å². The Balaban J connectivity index is 1.69. The molecule has 0 unspecified atom stereocenters. The molecule has 1 aliphatic rings. The highest BCUT2D eigenvalue weighted by Gasteiger charge is 2.27. The number of anilines is 1. The molecule has 0 fully saturated rings. The van der Waals surface area contributed by atoms with Gasteiger partial charge in [-0.25, -0.2) is 4.98 Å². The van der Waals surface area contributed by atoms with Crippen molar-refractivity contribution in [2.45, 2.75) is 13.0 Å². The predicted octanol–water partition coefficient (Wildman–Crippen LogP) is 2.23. The minimum absolute atomic E-state index is 0.202. The zero-order valence-corrected chi connectivity index (χ0v) is 11.1. The molecule has 2 aromatic rings. The summed E-state index contributed by atoms with van der Waals surface area (Å²) in [7, 11) is 0. The molecule has 0 bridgehead atoms. The van der Waals surface area contributed by atoms with E-state index in [4.69, 9.17) is 9.47 Å². The molecule has 1 aromatic heterocycles. The first-order valence-electron chi connectivity index (χ1n) is 5.84. The lowest BCUT2D eigenvalue weighted by Crippen LogP contribution is -2.40. The molecule has 3 rings (SSSR count). The second-order valence-electron chi connectivity index (χ2n) is 4.13. The number of hydrogen-bond donors (Lipinski definition) is 1. The number of para-hydroxylation sites is 2. The molecule has 0 radical (unpaired) electrons. The SMILES string of the molecule is Cc1cnc(NC(=O)[C@@H]2COc3ccccc3O2)s1. The van der Waals surface area contributed by atoms with Gasteiger partial charge in [-0.1, -0.05) is 12.1 Å². The Labute approximate surface area is 114 Å². The van der Waals surface area contributed by atoms with Gasteiger partial charge >= 0.3 is 0 Å². The molecular weight excluding hydrogens is 264 g/mol. The highest BCUT2D eigenvalue weighted by Crippen LogP contribution is 2.31. The van der Waals surface area contributed by atoms with Crippen LogP contribution in [0.25, 0.3) is 0 Å². The maximum Gasteiger partial charge on any atom is 0.270 e. The molecule has 1 amide bonds. The van der Waals surface area contributed by atoms with E-state index in [1.54, 1.807) is 12.3 Å². The molecule has 1 aliphatic heterocycles. The van der Waals surface area contributed by atoms with E-state index < -0.39 is 6.10 Å². The number of fused-ring (bicyclic) bond motifs is 1. The zero-order valence-electron chi connectivity index (χ0n) is 10.3. The third-order valence-corrected chi connectivity index (χ3v) is 3.48. The Morgan fingerprint density at radius 3 is 2.95 bits per heavy atom. The normalized spacial score (nSPS) is 17.0. The van der Waals surface area contributed by atoms with Gasteiger partial charge in [-0.2, -0.15) is 0 Å². The molecule has 98 valence electrons. The highest BCUT2D eigenvalue weighted by molar-refractivity contribution is 7.15. The Morgan fingerprint density at radius 1 is 1.42 bits per heavy atom. The first-order chi connectivity index (χ1) is 9.22. The molecular formula is C13H12N2O3S. The fraction of sp³-hybridized carbons (Fsp3) is 0.231. The summed E-state index contributed by atoms with van der Waals surface area (Å²) in [6.07, 6.45) is 1.06. The van der Waals surface area contributed by atoms with Gasteiger partial charge in [0.2, 0.25) is 6.10 Å². The van der Waals surface area contributed by atoms with Gasteiger partial charge < -0.3 is 9.47 Å². The van der Waals surface area contributed by atoms with Crippen LogP contribution in [-0.4, -0.2) is 23.6 Å². The molecule has 1 N–H and O–H groups in total. The maximum absolute atomic E-state index is 12.0.